The van der Waals surface area contributed by atoms with E-state index in [1.165, 1.54) is 7.11 Å². The number of rotatable bonds is 7. The fraction of sp³-hybridized carbons (Fsp3) is 0.129. The van der Waals surface area contributed by atoms with Gasteiger partial charge in [-0.1, -0.05) is 48.5 Å². The molecule has 38 heavy (non-hydrogen) atoms. The predicted molar refractivity (Wildman–Crippen MR) is 149 cm³/mol. The highest BCUT2D eigenvalue weighted by atomic mass is 32.2. The lowest BCUT2D eigenvalue weighted by atomic mass is 10.0. The maximum absolute atomic E-state index is 14.1. The molecule has 0 saturated heterocycles. The lowest BCUT2D eigenvalue weighted by molar-refractivity contribution is 0.102. The van der Waals surface area contributed by atoms with Crippen molar-refractivity contribution in [3.05, 3.63) is 119 Å². The molecule has 192 valence electrons. The molecule has 0 fully saturated rings. The molecule has 0 spiro atoms. The van der Waals surface area contributed by atoms with Crippen LogP contribution in [0.25, 0.3) is 11.1 Å². The van der Waals surface area contributed by atoms with Crippen molar-refractivity contribution in [1.82, 2.24) is 0 Å². The number of fused-ring (bicyclic) bond motifs is 1. The van der Waals surface area contributed by atoms with Crippen molar-refractivity contribution in [2.45, 2.75) is 17.1 Å². The summed E-state index contributed by atoms with van der Waals surface area (Å²) in [7, 11) is -0.745. The molecular formula is C31H27NO5S. The average molecular weight is 526 g/mol. The number of sulfone groups is 1. The maximum Gasteiger partial charge on any atom is 0.255 e. The zero-order chi connectivity index (χ0) is 26.9. The molecule has 0 heterocycles. The second-order valence-corrected chi connectivity index (χ2v) is 11.0. The first-order chi connectivity index (χ1) is 18.3. The van der Waals surface area contributed by atoms with Crippen molar-refractivity contribution >= 4 is 32.6 Å². The lowest BCUT2D eigenvalue weighted by Crippen LogP contribution is -2.15. The van der Waals surface area contributed by atoms with E-state index in [0.717, 1.165) is 16.7 Å². The third kappa shape index (κ3) is 4.46. The molecule has 1 aliphatic carbocycles. The van der Waals surface area contributed by atoms with Crippen LogP contribution in [0.3, 0.4) is 0 Å². The van der Waals surface area contributed by atoms with Gasteiger partial charge < -0.3 is 14.8 Å². The van der Waals surface area contributed by atoms with Gasteiger partial charge in [-0.2, -0.15) is 0 Å². The minimum absolute atomic E-state index is 0.233. The fourth-order valence-electron chi connectivity index (χ4n) is 4.89. The van der Waals surface area contributed by atoms with Crippen LogP contribution in [0.2, 0.25) is 0 Å². The number of methoxy groups -OCH3 is 2. The molecule has 0 bridgehead atoms. The van der Waals surface area contributed by atoms with Crippen LogP contribution in [0.15, 0.2) is 102 Å². The highest BCUT2D eigenvalue weighted by molar-refractivity contribution is 7.92. The summed E-state index contributed by atoms with van der Waals surface area (Å²) in [6, 6.07) is 28.2. The monoisotopic (exact) mass is 525 g/mol. The summed E-state index contributed by atoms with van der Waals surface area (Å²) in [5, 5.41) is 1.97. The van der Waals surface area contributed by atoms with E-state index < -0.39 is 15.1 Å². The number of carbonyl (C=O) groups is 1. The number of hydrogen-bond donors (Lipinski definition) is 1. The van der Waals surface area contributed by atoms with Gasteiger partial charge in [-0.15, -0.1) is 0 Å². The van der Waals surface area contributed by atoms with Crippen molar-refractivity contribution in [2.24, 2.45) is 0 Å². The molecule has 6 nitrogen and oxygen atoms in total. The van der Waals surface area contributed by atoms with Crippen LogP contribution in [-0.2, 0) is 9.84 Å². The Labute approximate surface area is 222 Å². The van der Waals surface area contributed by atoms with Gasteiger partial charge in [0, 0.05) is 5.56 Å². The summed E-state index contributed by atoms with van der Waals surface area (Å²) < 4.78 is 39.2. The van der Waals surface area contributed by atoms with Crippen LogP contribution in [0.1, 0.15) is 39.2 Å². The molecule has 7 heteroatoms. The third-order valence-corrected chi connectivity index (χ3v) is 8.83. The van der Waals surface area contributed by atoms with Gasteiger partial charge in [-0.05, 0) is 83.3 Å². The zero-order valence-corrected chi connectivity index (χ0v) is 22.1. The summed E-state index contributed by atoms with van der Waals surface area (Å²) in [6.45, 7) is 1.91. The van der Waals surface area contributed by atoms with E-state index in [1.807, 2.05) is 37.3 Å². The summed E-state index contributed by atoms with van der Waals surface area (Å²) >= 11 is 0. The molecule has 0 saturated carbocycles. The van der Waals surface area contributed by atoms with Gasteiger partial charge >= 0.3 is 0 Å². The van der Waals surface area contributed by atoms with E-state index in [1.54, 1.807) is 73.8 Å². The van der Waals surface area contributed by atoms with Crippen LogP contribution in [-0.4, -0.2) is 28.5 Å². The summed E-state index contributed by atoms with van der Waals surface area (Å²) in [4.78, 5) is 13.2. The molecule has 1 aliphatic rings. The van der Waals surface area contributed by atoms with Crippen LogP contribution >= 0.6 is 0 Å². The minimum Gasteiger partial charge on any atom is -0.497 e. The predicted octanol–water partition coefficient (Wildman–Crippen LogP) is 6.42. The normalized spacial score (nSPS) is 14.7. The number of carbonyl (C=O) groups excluding carboxylic acids is 1. The number of benzene rings is 4. The molecule has 0 aromatic heterocycles. The number of anilines is 1. The van der Waals surface area contributed by atoms with Gasteiger partial charge in [0.05, 0.1) is 24.8 Å². The smallest absolute Gasteiger partial charge is 0.255 e. The second kappa shape index (κ2) is 10.2. The standard InChI is InChI=1S/C31H27NO5S/c1-20-25-18-27(32-31(33)22-10-6-4-7-11-22)28(37-3)19-26(25)30(38(34,35)24-12-8-5-9-13-24)29(20)21-14-16-23(36-2)17-15-21/h4-19,30H,1-3H3,(H,32,33). The summed E-state index contributed by atoms with van der Waals surface area (Å²) in [6.07, 6.45) is 0. The topological polar surface area (TPSA) is 81.7 Å². The van der Waals surface area contributed by atoms with Gasteiger partial charge in [-0.25, -0.2) is 8.42 Å². The largest absolute Gasteiger partial charge is 0.497 e. The summed E-state index contributed by atoms with van der Waals surface area (Å²) in [5.41, 5.74) is 4.58. The first-order valence-corrected chi connectivity index (χ1v) is 13.6. The third-order valence-electron chi connectivity index (χ3n) is 6.79. The number of amides is 1. The van der Waals surface area contributed by atoms with Gasteiger partial charge in [0.1, 0.15) is 16.7 Å². The Balaban J connectivity index is 1.68. The van der Waals surface area contributed by atoms with Crippen molar-refractivity contribution in [1.29, 1.82) is 0 Å². The first-order valence-electron chi connectivity index (χ1n) is 12.1. The Hall–Kier alpha value is -4.36. The van der Waals surface area contributed by atoms with Crippen LogP contribution in [0, 0.1) is 0 Å². The van der Waals surface area contributed by atoms with Gasteiger partial charge in [0.15, 0.2) is 9.84 Å². The maximum atomic E-state index is 14.1. The second-order valence-electron chi connectivity index (χ2n) is 8.97. The Morgan fingerprint density at radius 2 is 1.45 bits per heavy atom. The fourth-order valence-corrected chi connectivity index (χ4v) is 6.85. The van der Waals surface area contributed by atoms with Crippen molar-refractivity contribution < 1.29 is 22.7 Å². The van der Waals surface area contributed by atoms with E-state index in [-0.39, 0.29) is 10.8 Å². The van der Waals surface area contributed by atoms with Crippen molar-refractivity contribution in [2.75, 3.05) is 19.5 Å². The quantitative estimate of drug-likeness (QED) is 0.301. The molecule has 1 N–H and O–H groups in total. The Bertz CT molecular complexity index is 1630. The lowest BCUT2D eigenvalue weighted by Gasteiger charge is -2.20. The number of hydrogen-bond acceptors (Lipinski definition) is 5. The average Bonchev–Trinajstić information content (AvgIpc) is 3.25. The van der Waals surface area contributed by atoms with E-state index in [0.29, 0.717) is 33.9 Å². The van der Waals surface area contributed by atoms with Crippen LogP contribution in [0.5, 0.6) is 11.5 Å². The van der Waals surface area contributed by atoms with E-state index in [4.69, 9.17) is 9.47 Å². The summed E-state index contributed by atoms with van der Waals surface area (Å²) in [5.74, 6) is 0.773. The van der Waals surface area contributed by atoms with Crippen molar-refractivity contribution in [3.8, 4) is 11.5 Å². The van der Waals surface area contributed by atoms with Crippen molar-refractivity contribution in [3.63, 3.8) is 0 Å². The molecule has 1 unspecified atom stereocenters. The number of ether oxygens (including phenoxy) is 2. The highest BCUT2D eigenvalue weighted by Crippen LogP contribution is 2.53. The Morgan fingerprint density at radius 1 is 0.816 bits per heavy atom. The van der Waals surface area contributed by atoms with Gasteiger partial charge in [-0.3, -0.25) is 4.79 Å². The first kappa shape index (κ1) is 25.3. The van der Waals surface area contributed by atoms with E-state index in [9.17, 15) is 13.2 Å². The molecule has 1 atom stereocenters. The minimum atomic E-state index is -3.83. The Morgan fingerprint density at radius 3 is 2.05 bits per heavy atom. The number of allylic oxidation sites excluding steroid dienone is 1. The molecule has 4 aromatic carbocycles. The Kier molecular flexibility index (Phi) is 6.78. The molecule has 1 amide bonds. The molecule has 4 aromatic rings. The molecule has 5 rings (SSSR count). The zero-order valence-electron chi connectivity index (χ0n) is 21.3. The number of nitrogens with one attached hydrogen (secondary N) is 1. The molecule has 0 radical (unpaired) electrons. The van der Waals surface area contributed by atoms with E-state index in [2.05, 4.69) is 5.32 Å². The molecular weight excluding hydrogens is 498 g/mol. The van der Waals surface area contributed by atoms with Crippen LogP contribution < -0.4 is 14.8 Å². The van der Waals surface area contributed by atoms with Crippen LogP contribution in [0.4, 0.5) is 5.69 Å². The van der Waals surface area contributed by atoms with Gasteiger partial charge in [0.2, 0.25) is 0 Å². The SMILES string of the molecule is COc1ccc(C2=C(C)c3cc(NC(=O)c4ccccc4)c(OC)cc3C2S(=O)(=O)c2ccccc2)cc1. The molecule has 0 aliphatic heterocycles. The van der Waals surface area contributed by atoms with E-state index >= 15 is 0 Å². The van der Waals surface area contributed by atoms with Gasteiger partial charge in [0.25, 0.3) is 5.91 Å². The highest BCUT2D eigenvalue weighted by Gasteiger charge is 2.41.